The molecule has 1 aliphatic heterocycles. The van der Waals surface area contributed by atoms with Crippen molar-refractivity contribution in [3.8, 4) is 11.1 Å². The first-order valence-corrected chi connectivity index (χ1v) is 13.7. The summed E-state index contributed by atoms with van der Waals surface area (Å²) in [5.74, 6) is -0.148. The predicted molar refractivity (Wildman–Crippen MR) is 150 cm³/mol. The number of halogens is 3. The summed E-state index contributed by atoms with van der Waals surface area (Å²) in [4.78, 5) is 17.8. The van der Waals surface area contributed by atoms with Crippen molar-refractivity contribution >= 4 is 11.7 Å². The first-order valence-electron chi connectivity index (χ1n) is 13.7. The average molecular weight is 539 g/mol. The molecule has 1 atom stereocenters. The highest BCUT2D eigenvalue weighted by molar-refractivity contribution is 5.83. The minimum atomic E-state index is -4.39. The van der Waals surface area contributed by atoms with Crippen LogP contribution in [0.2, 0.25) is 0 Å². The number of carbonyl (C=O) groups excluding carboxylic acids is 1. The van der Waals surface area contributed by atoms with E-state index in [1.54, 1.807) is 18.2 Å². The smallest absolute Gasteiger partial charge is 0.417 e. The molecule has 3 aromatic carbocycles. The third-order valence-electron chi connectivity index (χ3n) is 7.82. The van der Waals surface area contributed by atoms with E-state index >= 15 is 0 Å². The zero-order chi connectivity index (χ0) is 27.9. The van der Waals surface area contributed by atoms with Gasteiger partial charge in [-0.3, -0.25) is 9.69 Å². The van der Waals surface area contributed by atoms with Gasteiger partial charge in [0.25, 0.3) is 0 Å². The summed E-state index contributed by atoms with van der Waals surface area (Å²) in [7, 11) is 0. The first-order chi connectivity index (χ1) is 18.8. The van der Waals surface area contributed by atoms with E-state index < -0.39 is 17.2 Å². The molecule has 0 radical (unpaired) electrons. The number of benzene rings is 3. The molecule has 1 saturated heterocycles. The largest absolute Gasteiger partial charge is 0.465 e. The van der Waals surface area contributed by atoms with Gasteiger partial charge in [-0.25, -0.2) is 0 Å². The van der Waals surface area contributed by atoms with E-state index in [4.69, 9.17) is 4.74 Å². The second kappa shape index (κ2) is 12.7. The van der Waals surface area contributed by atoms with E-state index in [-0.39, 0.29) is 11.5 Å². The van der Waals surface area contributed by atoms with Gasteiger partial charge in [0.05, 0.1) is 17.6 Å². The van der Waals surface area contributed by atoms with Gasteiger partial charge in [0.2, 0.25) is 0 Å². The van der Waals surface area contributed by atoms with Crippen LogP contribution in [0.15, 0.2) is 78.9 Å². The lowest BCUT2D eigenvalue weighted by Crippen LogP contribution is -2.47. The lowest BCUT2D eigenvalue weighted by Gasteiger charge is -2.37. The highest BCUT2D eigenvalue weighted by Gasteiger charge is 2.39. The fraction of sp³-hybridized carbons (Fsp3) is 0.406. The minimum Gasteiger partial charge on any atom is -0.465 e. The standard InChI is InChI=1S/C32H37F3N2O2/c1-3-31(30(38)39-4-2,26-11-6-5-7-12-26)19-10-20-36-21-23-37(24-22-36)27-17-15-25(16-18-27)28-13-8-9-14-29(28)32(33,34)35/h5-9,11-18H,3-4,10,19-24H2,1-2H3. The van der Waals surface area contributed by atoms with Gasteiger partial charge in [0.1, 0.15) is 0 Å². The van der Waals surface area contributed by atoms with Crippen LogP contribution < -0.4 is 4.90 Å². The molecule has 0 bridgehead atoms. The molecular weight excluding hydrogens is 501 g/mol. The number of esters is 1. The lowest BCUT2D eigenvalue weighted by atomic mass is 9.74. The Balaban J connectivity index is 1.34. The zero-order valence-electron chi connectivity index (χ0n) is 22.7. The van der Waals surface area contributed by atoms with Crippen LogP contribution in [0.25, 0.3) is 11.1 Å². The second-order valence-electron chi connectivity index (χ2n) is 10.0. The SMILES string of the molecule is CCOC(=O)C(CC)(CCCN1CCN(c2ccc(-c3ccccc3C(F)(F)F)cc2)CC1)c1ccccc1. The normalized spacial score (nSPS) is 16.1. The van der Waals surface area contributed by atoms with Gasteiger partial charge in [-0.05, 0) is 67.6 Å². The Hall–Kier alpha value is -3.32. The summed E-state index contributed by atoms with van der Waals surface area (Å²) >= 11 is 0. The van der Waals surface area contributed by atoms with Crippen LogP contribution in [0.4, 0.5) is 18.9 Å². The van der Waals surface area contributed by atoms with Crippen molar-refractivity contribution in [1.29, 1.82) is 0 Å². The Labute approximate surface area is 229 Å². The predicted octanol–water partition coefficient (Wildman–Crippen LogP) is 7.19. The molecule has 208 valence electrons. The van der Waals surface area contributed by atoms with E-state index in [0.29, 0.717) is 18.6 Å². The van der Waals surface area contributed by atoms with E-state index in [0.717, 1.165) is 62.9 Å². The Morgan fingerprint density at radius 3 is 2.10 bits per heavy atom. The third-order valence-corrected chi connectivity index (χ3v) is 7.82. The van der Waals surface area contributed by atoms with Crippen LogP contribution in [0.3, 0.4) is 0 Å². The van der Waals surface area contributed by atoms with Crippen LogP contribution >= 0.6 is 0 Å². The van der Waals surface area contributed by atoms with E-state index in [1.807, 2.05) is 49.4 Å². The van der Waals surface area contributed by atoms with Crippen molar-refractivity contribution in [2.24, 2.45) is 0 Å². The van der Waals surface area contributed by atoms with Gasteiger partial charge in [0.15, 0.2) is 0 Å². The maximum absolute atomic E-state index is 13.4. The molecule has 0 aromatic heterocycles. The number of nitrogens with zero attached hydrogens (tertiary/aromatic N) is 2. The summed E-state index contributed by atoms with van der Waals surface area (Å²) in [5.41, 5.74) is 1.53. The quantitative estimate of drug-likeness (QED) is 0.256. The highest BCUT2D eigenvalue weighted by Crippen LogP contribution is 2.38. The average Bonchev–Trinajstić information content (AvgIpc) is 2.96. The number of carbonyl (C=O) groups is 1. The molecule has 0 amide bonds. The molecule has 0 spiro atoms. The van der Waals surface area contributed by atoms with Gasteiger partial charge >= 0.3 is 12.1 Å². The molecule has 39 heavy (non-hydrogen) atoms. The summed E-state index contributed by atoms with van der Waals surface area (Å²) in [6.07, 6.45) is -2.09. The summed E-state index contributed by atoms with van der Waals surface area (Å²) in [6, 6.07) is 23.0. The number of hydrogen-bond donors (Lipinski definition) is 0. The summed E-state index contributed by atoms with van der Waals surface area (Å²) in [5, 5.41) is 0. The lowest BCUT2D eigenvalue weighted by molar-refractivity contribution is -0.151. The number of hydrogen-bond acceptors (Lipinski definition) is 4. The molecule has 1 heterocycles. The third kappa shape index (κ3) is 6.64. The number of piperazine rings is 1. The molecule has 4 nitrogen and oxygen atoms in total. The van der Waals surface area contributed by atoms with E-state index in [9.17, 15) is 18.0 Å². The van der Waals surface area contributed by atoms with Gasteiger partial charge in [-0.1, -0.05) is 67.6 Å². The molecule has 0 N–H and O–H groups in total. The number of ether oxygens (including phenoxy) is 1. The molecule has 7 heteroatoms. The fourth-order valence-corrected chi connectivity index (χ4v) is 5.58. The second-order valence-corrected chi connectivity index (χ2v) is 10.0. The fourth-order valence-electron chi connectivity index (χ4n) is 5.58. The van der Waals surface area contributed by atoms with Gasteiger partial charge < -0.3 is 9.64 Å². The molecule has 1 fully saturated rings. The number of anilines is 1. The minimum absolute atomic E-state index is 0.148. The molecule has 1 aliphatic rings. The van der Waals surface area contributed by atoms with Crippen molar-refractivity contribution in [3.63, 3.8) is 0 Å². The van der Waals surface area contributed by atoms with Crippen molar-refractivity contribution in [1.82, 2.24) is 4.90 Å². The topological polar surface area (TPSA) is 32.8 Å². The van der Waals surface area contributed by atoms with Gasteiger partial charge in [-0.15, -0.1) is 0 Å². The van der Waals surface area contributed by atoms with Crippen LogP contribution in [-0.2, 0) is 21.1 Å². The van der Waals surface area contributed by atoms with Crippen molar-refractivity contribution in [3.05, 3.63) is 90.0 Å². The van der Waals surface area contributed by atoms with E-state index in [1.165, 1.54) is 12.1 Å². The van der Waals surface area contributed by atoms with Crippen LogP contribution in [0.1, 0.15) is 44.2 Å². The van der Waals surface area contributed by atoms with Crippen molar-refractivity contribution in [2.45, 2.75) is 44.7 Å². The van der Waals surface area contributed by atoms with Crippen molar-refractivity contribution < 1.29 is 22.7 Å². The molecule has 4 rings (SSSR count). The first kappa shape index (κ1) is 28.7. The Morgan fingerprint density at radius 1 is 0.846 bits per heavy atom. The Morgan fingerprint density at radius 2 is 1.49 bits per heavy atom. The molecule has 3 aromatic rings. The monoisotopic (exact) mass is 538 g/mol. The maximum atomic E-state index is 13.4. The van der Waals surface area contributed by atoms with Crippen molar-refractivity contribution in [2.75, 3.05) is 44.2 Å². The Bertz CT molecular complexity index is 1210. The van der Waals surface area contributed by atoms with Crippen LogP contribution in [0.5, 0.6) is 0 Å². The number of rotatable bonds is 10. The molecule has 1 unspecified atom stereocenters. The zero-order valence-corrected chi connectivity index (χ0v) is 22.7. The van der Waals surface area contributed by atoms with Gasteiger partial charge in [0, 0.05) is 31.9 Å². The number of alkyl halides is 3. The Kier molecular flexibility index (Phi) is 9.33. The maximum Gasteiger partial charge on any atom is 0.417 e. The molecular formula is C32H37F3N2O2. The van der Waals surface area contributed by atoms with Crippen LogP contribution in [0, 0.1) is 0 Å². The summed E-state index contributed by atoms with van der Waals surface area (Å²) in [6.45, 7) is 8.63. The van der Waals surface area contributed by atoms with E-state index in [2.05, 4.69) is 16.7 Å². The highest BCUT2D eigenvalue weighted by atomic mass is 19.4. The summed E-state index contributed by atoms with van der Waals surface area (Å²) < 4.78 is 45.8. The van der Waals surface area contributed by atoms with Gasteiger partial charge in [-0.2, -0.15) is 13.2 Å². The molecule has 0 saturated carbocycles. The molecule has 0 aliphatic carbocycles. The van der Waals surface area contributed by atoms with Crippen LogP contribution in [-0.4, -0.2) is 50.2 Å².